The summed E-state index contributed by atoms with van der Waals surface area (Å²) in [6, 6.07) is 17.5. The lowest BCUT2D eigenvalue weighted by molar-refractivity contribution is 0.102. The largest absolute Gasteiger partial charge is 0.505 e. The standard InChI is InChI=1S/C23H17N5O4S.CH4/c29-22-19(10-4-14-2-1-11-24-21(14)22)23(30)26-16-6-8-18(9-7-16)33(31,32)28-17-5-3-15-13-25-27-20(15)12-17;/h1-13,28-29H,(H,25,27)(H,26,30);1H4. The van der Waals surface area contributed by atoms with E-state index in [1.807, 2.05) is 0 Å². The number of aromatic amines is 1. The van der Waals surface area contributed by atoms with Crippen LogP contribution < -0.4 is 10.0 Å². The van der Waals surface area contributed by atoms with Gasteiger partial charge in [0.1, 0.15) is 5.52 Å². The predicted molar refractivity (Wildman–Crippen MR) is 131 cm³/mol. The number of carbonyl (C=O) groups excluding carboxylic acids is 1. The van der Waals surface area contributed by atoms with E-state index in [-0.39, 0.29) is 23.6 Å². The van der Waals surface area contributed by atoms with Crippen molar-refractivity contribution in [2.75, 3.05) is 10.0 Å². The maximum atomic E-state index is 12.7. The van der Waals surface area contributed by atoms with E-state index < -0.39 is 15.9 Å². The molecular formula is C24H21N5O4S. The van der Waals surface area contributed by atoms with Crippen LogP contribution in [0.5, 0.6) is 5.75 Å². The molecule has 2 heterocycles. The van der Waals surface area contributed by atoms with Crippen LogP contribution in [0.25, 0.3) is 21.8 Å². The maximum Gasteiger partial charge on any atom is 0.261 e. The van der Waals surface area contributed by atoms with Crippen LogP contribution in [-0.2, 0) is 10.0 Å². The number of phenols is 1. The zero-order chi connectivity index (χ0) is 23.0. The van der Waals surface area contributed by atoms with E-state index in [9.17, 15) is 18.3 Å². The quantitative estimate of drug-likeness (QED) is 0.295. The number of hydrogen-bond acceptors (Lipinski definition) is 6. The minimum absolute atomic E-state index is 0. The summed E-state index contributed by atoms with van der Waals surface area (Å²) in [5.41, 5.74) is 1.86. The van der Waals surface area contributed by atoms with Crippen LogP contribution in [0.4, 0.5) is 11.4 Å². The Labute approximate surface area is 195 Å². The topological polar surface area (TPSA) is 137 Å². The Kier molecular flexibility index (Phi) is 5.91. The van der Waals surface area contributed by atoms with Gasteiger partial charge >= 0.3 is 0 Å². The van der Waals surface area contributed by atoms with Crippen molar-refractivity contribution in [1.29, 1.82) is 0 Å². The van der Waals surface area contributed by atoms with Gasteiger partial charge in [-0.3, -0.25) is 19.6 Å². The number of phenolic OH excluding ortho intramolecular Hbond substituents is 1. The Morgan fingerprint density at radius 1 is 0.941 bits per heavy atom. The number of sulfonamides is 1. The summed E-state index contributed by atoms with van der Waals surface area (Å²) in [6.45, 7) is 0. The molecule has 172 valence electrons. The second-order valence-corrected chi connectivity index (χ2v) is 8.98. The van der Waals surface area contributed by atoms with Gasteiger partial charge in [0.05, 0.1) is 27.9 Å². The molecule has 0 aliphatic heterocycles. The number of aromatic hydroxyl groups is 1. The molecule has 0 saturated carbocycles. The van der Waals surface area contributed by atoms with E-state index in [1.165, 1.54) is 36.5 Å². The number of anilines is 2. The summed E-state index contributed by atoms with van der Waals surface area (Å²) in [4.78, 5) is 16.8. The number of nitrogens with zero attached hydrogens (tertiary/aromatic N) is 2. The van der Waals surface area contributed by atoms with Gasteiger partial charge in [0.25, 0.3) is 15.9 Å². The highest BCUT2D eigenvalue weighted by atomic mass is 32.2. The van der Waals surface area contributed by atoms with Gasteiger partial charge in [-0.2, -0.15) is 5.10 Å². The van der Waals surface area contributed by atoms with Crippen molar-refractivity contribution < 1.29 is 18.3 Å². The average molecular weight is 476 g/mol. The number of carbonyl (C=O) groups is 1. The monoisotopic (exact) mass is 475 g/mol. The molecule has 34 heavy (non-hydrogen) atoms. The number of hydrogen-bond donors (Lipinski definition) is 4. The molecule has 4 N–H and O–H groups in total. The summed E-state index contributed by atoms with van der Waals surface area (Å²) in [5.74, 6) is -0.759. The van der Waals surface area contributed by atoms with E-state index in [0.717, 1.165) is 5.39 Å². The molecule has 3 aromatic carbocycles. The highest BCUT2D eigenvalue weighted by molar-refractivity contribution is 7.92. The van der Waals surface area contributed by atoms with Crippen LogP contribution in [0.3, 0.4) is 0 Å². The van der Waals surface area contributed by atoms with Crippen LogP contribution in [0, 0.1) is 0 Å². The highest BCUT2D eigenvalue weighted by Crippen LogP contribution is 2.28. The molecule has 2 aromatic heterocycles. The van der Waals surface area contributed by atoms with Gasteiger partial charge in [0.15, 0.2) is 5.75 Å². The van der Waals surface area contributed by atoms with Crippen molar-refractivity contribution in [3.63, 3.8) is 0 Å². The molecule has 0 aliphatic carbocycles. The van der Waals surface area contributed by atoms with Crippen molar-refractivity contribution in [2.24, 2.45) is 0 Å². The molecule has 9 nitrogen and oxygen atoms in total. The van der Waals surface area contributed by atoms with Crippen molar-refractivity contribution in [3.05, 3.63) is 84.7 Å². The molecule has 0 radical (unpaired) electrons. The molecule has 0 bridgehead atoms. The van der Waals surface area contributed by atoms with Gasteiger partial charge < -0.3 is 10.4 Å². The van der Waals surface area contributed by atoms with Crippen molar-refractivity contribution in [3.8, 4) is 5.75 Å². The number of amides is 1. The van der Waals surface area contributed by atoms with E-state index in [1.54, 1.807) is 42.6 Å². The second kappa shape index (κ2) is 8.83. The van der Waals surface area contributed by atoms with Gasteiger partial charge in [-0.25, -0.2) is 8.42 Å². The molecule has 5 rings (SSSR count). The van der Waals surface area contributed by atoms with Gasteiger partial charge in [-0.15, -0.1) is 0 Å². The fraction of sp³-hybridized carbons (Fsp3) is 0.0417. The first-order valence-corrected chi connectivity index (χ1v) is 11.3. The van der Waals surface area contributed by atoms with E-state index in [2.05, 4.69) is 25.2 Å². The Morgan fingerprint density at radius 2 is 1.68 bits per heavy atom. The van der Waals surface area contributed by atoms with E-state index >= 15 is 0 Å². The Morgan fingerprint density at radius 3 is 2.47 bits per heavy atom. The SMILES string of the molecule is C.O=C(Nc1ccc(S(=O)(=O)Nc2ccc3cn[nH]c3c2)cc1)c1ccc2cccnc2c1O. The molecule has 0 spiro atoms. The molecule has 0 fully saturated rings. The second-order valence-electron chi connectivity index (χ2n) is 7.29. The number of nitrogens with one attached hydrogen (secondary N) is 3. The number of pyridine rings is 1. The van der Waals surface area contributed by atoms with E-state index in [4.69, 9.17) is 0 Å². The molecular weight excluding hydrogens is 454 g/mol. The van der Waals surface area contributed by atoms with Crippen LogP contribution in [0.2, 0.25) is 0 Å². The number of benzene rings is 3. The summed E-state index contributed by atoms with van der Waals surface area (Å²) < 4.78 is 28.0. The van der Waals surface area contributed by atoms with Gasteiger partial charge in [-0.1, -0.05) is 19.6 Å². The lowest BCUT2D eigenvalue weighted by Gasteiger charge is -2.11. The lowest BCUT2D eigenvalue weighted by atomic mass is 10.1. The zero-order valence-corrected chi connectivity index (χ0v) is 17.8. The molecule has 0 aliphatic rings. The maximum absolute atomic E-state index is 12.7. The Hall–Kier alpha value is -4.44. The first kappa shape index (κ1) is 22.7. The molecule has 0 atom stereocenters. The minimum atomic E-state index is -3.84. The van der Waals surface area contributed by atoms with Crippen LogP contribution >= 0.6 is 0 Å². The zero-order valence-electron chi connectivity index (χ0n) is 17.0. The van der Waals surface area contributed by atoms with Gasteiger partial charge in [0, 0.05) is 22.7 Å². The highest BCUT2D eigenvalue weighted by Gasteiger charge is 2.17. The molecule has 10 heteroatoms. The number of fused-ring (bicyclic) bond motifs is 2. The third-order valence-corrected chi connectivity index (χ3v) is 6.51. The summed E-state index contributed by atoms with van der Waals surface area (Å²) in [6.07, 6.45) is 3.18. The lowest BCUT2D eigenvalue weighted by Crippen LogP contribution is -2.14. The number of rotatable bonds is 5. The fourth-order valence-electron chi connectivity index (χ4n) is 3.44. The van der Waals surface area contributed by atoms with Crippen molar-refractivity contribution in [2.45, 2.75) is 12.3 Å². The third kappa shape index (κ3) is 4.26. The van der Waals surface area contributed by atoms with Crippen LogP contribution in [-0.4, -0.2) is 34.6 Å². The Bertz CT molecular complexity index is 1610. The first-order valence-electron chi connectivity index (χ1n) is 9.85. The minimum Gasteiger partial charge on any atom is -0.505 e. The number of H-pyrrole nitrogens is 1. The molecule has 0 unspecified atom stereocenters. The average Bonchev–Trinajstić information content (AvgIpc) is 3.27. The van der Waals surface area contributed by atoms with Gasteiger partial charge in [-0.05, 0) is 54.6 Å². The summed E-state index contributed by atoms with van der Waals surface area (Å²) >= 11 is 0. The van der Waals surface area contributed by atoms with Gasteiger partial charge in [0.2, 0.25) is 0 Å². The van der Waals surface area contributed by atoms with Crippen LogP contribution in [0.15, 0.2) is 84.0 Å². The predicted octanol–water partition coefficient (Wildman–Crippen LogP) is 4.51. The summed E-state index contributed by atoms with van der Waals surface area (Å²) in [5, 5.41) is 21.4. The van der Waals surface area contributed by atoms with Crippen LogP contribution in [0.1, 0.15) is 17.8 Å². The molecule has 5 aromatic rings. The van der Waals surface area contributed by atoms with E-state index in [0.29, 0.717) is 27.8 Å². The fourth-order valence-corrected chi connectivity index (χ4v) is 4.49. The number of aromatic nitrogens is 3. The Balaban J connectivity index is 0.00000274. The van der Waals surface area contributed by atoms with Crippen molar-refractivity contribution in [1.82, 2.24) is 15.2 Å². The molecule has 0 saturated heterocycles. The normalized spacial score (nSPS) is 11.2. The smallest absolute Gasteiger partial charge is 0.261 e. The first-order chi connectivity index (χ1) is 15.9. The third-order valence-electron chi connectivity index (χ3n) is 5.11. The summed E-state index contributed by atoms with van der Waals surface area (Å²) in [7, 11) is -3.84. The van der Waals surface area contributed by atoms with Crippen molar-refractivity contribution >= 4 is 49.1 Å². The molecule has 1 amide bonds.